The lowest BCUT2D eigenvalue weighted by Gasteiger charge is -2.43. The van der Waals surface area contributed by atoms with Crippen molar-refractivity contribution in [3.8, 4) is 0 Å². The summed E-state index contributed by atoms with van der Waals surface area (Å²) in [4.78, 5) is 40.1. The van der Waals surface area contributed by atoms with Crippen LogP contribution in [-0.4, -0.2) is 86.7 Å². The predicted molar refractivity (Wildman–Crippen MR) is 231 cm³/mol. The van der Waals surface area contributed by atoms with Crippen molar-refractivity contribution in [3.05, 3.63) is 129 Å². The van der Waals surface area contributed by atoms with E-state index in [0.29, 0.717) is 0 Å². The molecule has 2 unspecified atom stereocenters. The standard InChI is InChI=1S/C45H46N8OS2/c1-29-13-17-33(18-14-29)48-21-25-50(26-22-48)39(42-31(3)52-37-11-7-5-9-35(37)46-44(52)55-42)41(54)40(51-27-23-49(24-28-51)34-19-15-30(2)16-20-34)43-32(4)53-38-12-8-6-10-36(38)47-45(53)56-43/h5-20,39-40H,21-28H2,1-4H3. The van der Waals surface area contributed by atoms with Gasteiger partial charge in [0.25, 0.3) is 0 Å². The highest BCUT2D eigenvalue weighted by atomic mass is 32.1. The lowest BCUT2D eigenvalue weighted by Crippen LogP contribution is -2.53. The number of ketones is 1. The number of rotatable bonds is 8. The van der Waals surface area contributed by atoms with Crippen molar-refractivity contribution in [2.75, 3.05) is 62.2 Å². The second-order valence-electron chi connectivity index (χ2n) is 15.5. The molecule has 8 aromatic rings. The van der Waals surface area contributed by atoms with Crippen molar-refractivity contribution in [1.29, 1.82) is 0 Å². The summed E-state index contributed by atoms with van der Waals surface area (Å²) in [6, 6.07) is 33.5. The first-order valence-electron chi connectivity index (χ1n) is 19.7. The Morgan fingerprint density at radius 2 is 0.893 bits per heavy atom. The van der Waals surface area contributed by atoms with Crippen LogP contribution < -0.4 is 9.80 Å². The average Bonchev–Trinajstić information content (AvgIpc) is 3.95. The van der Waals surface area contributed by atoms with Crippen molar-refractivity contribution >= 4 is 71.8 Å². The molecule has 56 heavy (non-hydrogen) atoms. The Hall–Kier alpha value is -5.07. The molecule has 6 heterocycles. The zero-order valence-electron chi connectivity index (χ0n) is 32.4. The fraction of sp³-hybridized carbons (Fsp3) is 0.311. The number of carbonyl (C=O) groups excluding carboxylic acids is 1. The highest BCUT2D eigenvalue weighted by Crippen LogP contribution is 2.43. The number of anilines is 2. The number of aromatic nitrogens is 4. The summed E-state index contributed by atoms with van der Waals surface area (Å²) in [7, 11) is 0. The van der Waals surface area contributed by atoms with Gasteiger partial charge in [0.05, 0.1) is 31.8 Å². The molecule has 0 amide bonds. The van der Waals surface area contributed by atoms with Crippen molar-refractivity contribution in [2.45, 2.75) is 39.8 Å². The molecule has 2 aliphatic rings. The number of hydrogen-bond acceptors (Lipinski definition) is 9. The first-order valence-corrected chi connectivity index (χ1v) is 21.3. The number of benzene rings is 4. The maximum Gasteiger partial charge on any atom is 0.195 e. The van der Waals surface area contributed by atoms with Gasteiger partial charge in [-0.2, -0.15) is 0 Å². The van der Waals surface area contributed by atoms with Gasteiger partial charge < -0.3 is 9.80 Å². The monoisotopic (exact) mass is 778 g/mol. The molecule has 2 atom stereocenters. The molecule has 2 saturated heterocycles. The van der Waals surface area contributed by atoms with Gasteiger partial charge >= 0.3 is 0 Å². The Labute approximate surface area is 335 Å². The van der Waals surface area contributed by atoms with Gasteiger partial charge in [0.15, 0.2) is 15.7 Å². The minimum Gasteiger partial charge on any atom is -0.369 e. The van der Waals surface area contributed by atoms with Gasteiger partial charge in [0, 0.05) is 75.1 Å². The zero-order valence-corrected chi connectivity index (χ0v) is 34.0. The minimum atomic E-state index is -0.425. The number of aryl methyl sites for hydroxylation is 4. The Kier molecular flexibility index (Phi) is 8.93. The number of hydrogen-bond donors (Lipinski definition) is 0. The molecule has 4 aromatic carbocycles. The number of imidazole rings is 2. The molecular weight excluding hydrogens is 733 g/mol. The molecule has 0 saturated carbocycles. The molecule has 0 bridgehead atoms. The van der Waals surface area contributed by atoms with Gasteiger partial charge in [-0.25, -0.2) is 9.97 Å². The molecule has 0 aliphatic carbocycles. The smallest absolute Gasteiger partial charge is 0.195 e. The summed E-state index contributed by atoms with van der Waals surface area (Å²) in [5.41, 5.74) is 11.3. The van der Waals surface area contributed by atoms with Gasteiger partial charge in [-0.1, -0.05) is 82.3 Å². The van der Waals surface area contributed by atoms with E-state index in [0.717, 1.165) is 105 Å². The van der Waals surface area contributed by atoms with E-state index in [-0.39, 0.29) is 5.78 Å². The summed E-state index contributed by atoms with van der Waals surface area (Å²) >= 11 is 3.37. The average molecular weight is 779 g/mol. The second kappa shape index (κ2) is 14.1. The van der Waals surface area contributed by atoms with Crippen LogP contribution in [0, 0.1) is 27.7 Å². The van der Waals surface area contributed by atoms with Crippen LogP contribution in [0.15, 0.2) is 97.1 Å². The van der Waals surface area contributed by atoms with Gasteiger partial charge in [-0.15, -0.1) is 0 Å². The van der Waals surface area contributed by atoms with Gasteiger partial charge in [-0.05, 0) is 76.2 Å². The van der Waals surface area contributed by atoms with E-state index in [9.17, 15) is 0 Å². The van der Waals surface area contributed by atoms with Crippen LogP contribution in [-0.2, 0) is 4.79 Å². The highest BCUT2D eigenvalue weighted by Gasteiger charge is 2.43. The molecule has 2 aliphatic heterocycles. The number of para-hydroxylation sites is 4. The quantitative estimate of drug-likeness (QED) is 0.153. The summed E-state index contributed by atoms with van der Waals surface area (Å²) in [6.07, 6.45) is 0. The number of Topliss-reactive ketones (excluding diaryl/α,β-unsaturated/α-hetero) is 1. The van der Waals surface area contributed by atoms with Crippen molar-refractivity contribution in [3.63, 3.8) is 0 Å². The fourth-order valence-corrected chi connectivity index (χ4v) is 11.5. The molecule has 0 radical (unpaired) electrons. The van der Waals surface area contributed by atoms with E-state index in [1.165, 1.54) is 22.5 Å². The Balaban J connectivity index is 1.07. The third-order valence-electron chi connectivity index (χ3n) is 12.0. The summed E-state index contributed by atoms with van der Waals surface area (Å²) in [5, 5.41) is 0. The normalized spacial score (nSPS) is 17.1. The molecule has 11 heteroatoms. The van der Waals surface area contributed by atoms with Gasteiger partial charge in [-0.3, -0.25) is 23.4 Å². The minimum absolute atomic E-state index is 0.242. The van der Waals surface area contributed by atoms with E-state index in [2.05, 4.69) is 141 Å². The van der Waals surface area contributed by atoms with Crippen molar-refractivity contribution < 1.29 is 4.79 Å². The highest BCUT2D eigenvalue weighted by molar-refractivity contribution is 7.18. The lowest BCUT2D eigenvalue weighted by atomic mass is 9.96. The molecular formula is C45H46N8OS2. The summed E-state index contributed by atoms with van der Waals surface area (Å²) in [6.45, 7) is 15.2. The Morgan fingerprint density at radius 1 is 0.518 bits per heavy atom. The third kappa shape index (κ3) is 6.00. The molecule has 4 aromatic heterocycles. The fourth-order valence-electron chi connectivity index (χ4n) is 8.95. The number of carbonyl (C=O) groups is 1. The maximum absolute atomic E-state index is 16.1. The maximum atomic E-state index is 16.1. The van der Waals surface area contributed by atoms with Gasteiger partial charge in [0.1, 0.15) is 12.1 Å². The van der Waals surface area contributed by atoms with Crippen molar-refractivity contribution in [2.24, 2.45) is 0 Å². The molecule has 9 nitrogen and oxygen atoms in total. The first kappa shape index (κ1) is 35.4. The zero-order chi connectivity index (χ0) is 38.1. The topological polar surface area (TPSA) is 64.6 Å². The largest absolute Gasteiger partial charge is 0.369 e. The van der Waals surface area contributed by atoms with E-state index in [1.54, 1.807) is 22.7 Å². The predicted octanol–water partition coefficient (Wildman–Crippen LogP) is 8.64. The van der Waals surface area contributed by atoms with Gasteiger partial charge in [0.2, 0.25) is 0 Å². The number of piperazine rings is 2. The SMILES string of the molecule is Cc1ccc(N2CCN(C(C(=O)C(c3sc4nc5ccccc5n4c3C)N3CCN(c4ccc(C)cc4)CC3)c3sc4nc5ccccc5n4c3C)CC2)cc1. The summed E-state index contributed by atoms with van der Waals surface area (Å²) < 4.78 is 4.54. The lowest BCUT2D eigenvalue weighted by molar-refractivity contribution is -0.130. The van der Waals surface area contributed by atoms with E-state index in [1.807, 2.05) is 12.1 Å². The van der Waals surface area contributed by atoms with Crippen LogP contribution in [0.5, 0.6) is 0 Å². The third-order valence-corrected chi connectivity index (χ3v) is 14.4. The number of nitrogens with zero attached hydrogens (tertiary/aromatic N) is 8. The molecule has 284 valence electrons. The van der Waals surface area contributed by atoms with Crippen LogP contribution >= 0.6 is 22.7 Å². The molecule has 2 fully saturated rings. The summed E-state index contributed by atoms with van der Waals surface area (Å²) in [5.74, 6) is 0.242. The Bertz CT molecular complexity index is 2520. The first-order chi connectivity index (χ1) is 27.3. The van der Waals surface area contributed by atoms with E-state index < -0.39 is 12.1 Å². The number of fused-ring (bicyclic) bond motifs is 6. The molecule has 0 spiro atoms. The van der Waals surface area contributed by atoms with E-state index >= 15 is 4.79 Å². The van der Waals surface area contributed by atoms with Crippen molar-refractivity contribution in [1.82, 2.24) is 28.6 Å². The number of thiazole rings is 2. The van der Waals surface area contributed by atoms with Crippen LogP contribution in [0.4, 0.5) is 11.4 Å². The molecule has 0 N–H and O–H groups in total. The van der Waals surface area contributed by atoms with Crippen LogP contribution in [0.3, 0.4) is 0 Å². The van der Waals surface area contributed by atoms with Crippen LogP contribution in [0.1, 0.15) is 44.4 Å². The van der Waals surface area contributed by atoms with E-state index in [4.69, 9.17) is 9.97 Å². The second-order valence-corrected chi connectivity index (χ2v) is 17.5. The Morgan fingerprint density at radius 3 is 1.29 bits per heavy atom. The van der Waals surface area contributed by atoms with Crippen LogP contribution in [0.2, 0.25) is 0 Å². The molecule has 10 rings (SSSR count). The van der Waals surface area contributed by atoms with Crippen LogP contribution in [0.25, 0.3) is 32.0 Å².